The summed E-state index contributed by atoms with van der Waals surface area (Å²) in [4.78, 5) is 8.01. The minimum Gasteiger partial charge on any atom is -0.493 e. The fraction of sp³-hybridized carbons (Fsp3) is 0.240. The second-order valence-electron chi connectivity index (χ2n) is 7.46. The normalized spacial score (nSPS) is 11.1. The fourth-order valence-electron chi connectivity index (χ4n) is 3.48. The Labute approximate surface area is 201 Å². The van der Waals surface area contributed by atoms with Crippen molar-refractivity contribution in [2.45, 2.75) is 26.0 Å². The molecule has 166 valence electrons. The monoisotopic (exact) mass is 513 g/mol. The van der Waals surface area contributed by atoms with Crippen LogP contribution in [0.4, 0.5) is 0 Å². The number of nitrogens with zero attached hydrogens (tertiary/aromatic N) is 1. The molecule has 0 aliphatic rings. The van der Waals surface area contributed by atoms with Gasteiger partial charge in [-0.15, -0.1) is 0 Å². The smallest absolute Gasteiger partial charge is 0.162 e. The summed E-state index contributed by atoms with van der Waals surface area (Å²) in [5, 5.41) is 4.19. The number of hydrogen-bond donors (Lipinski definition) is 2. The number of imidazole rings is 1. The number of H-pyrrole nitrogens is 1. The molecule has 0 aliphatic carbocycles. The molecule has 0 aliphatic heterocycles. The number of aryl methyl sites for hydroxylation is 1. The molecule has 0 atom stereocenters. The van der Waals surface area contributed by atoms with Crippen molar-refractivity contribution in [1.82, 2.24) is 15.3 Å². The lowest BCUT2D eigenvalue weighted by Gasteiger charge is -2.15. The standard InChI is InChI=1S/C25H25BrClN3O2/c1-31-23-13-18(19(26)14-24(23)32-16-17-7-2-3-8-20(17)27)15-28-12-6-11-25-29-21-9-4-5-10-22(21)30-25/h2-5,7-10,13-14,28H,6,11-12,15-16H2,1H3,(H,29,30). The number of para-hydroxylation sites is 2. The van der Waals surface area contributed by atoms with Crippen molar-refractivity contribution in [1.29, 1.82) is 0 Å². The molecule has 2 N–H and O–H groups in total. The van der Waals surface area contributed by atoms with Gasteiger partial charge in [-0.2, -0.15) is 0 Å². The molecule has 0 spiro atoms. The van der Waals surface area contributed by atoms with Crippen molar-refractivity contribution in [3.63, 3.8) is 0 Å². The molecule has 0 radical (unpaired) electrons. The van der Waals surface area contributed by atoms with Gasteiger partial charge in [-0.1, -0.05) is 57.9 Å². The highest BCUT2D eigenvalue weighted by atomic mass is 79.9. The Morgan fingerprint density at radius 1 is 1.03 bits per heavy atom. The Balaban J connectivity index is 1.30. The molecular formula is C25H25BrClN3O2. The van der Waals surface area contributed by atoms with Crippen LogP contribution in [0.2, 0.25) is 5.02 Å². The van der Waals surface area contributed by atoms with Gasteiger partial charge in [0.15, 0.2) is 11.5 Å². The molecule has 0 saturated heterocycles. The SMILES string of the molecule is COc1cc(CNCCCc2nc3ccccc3[nH]2)c(Br)cc1OCc1ccccc1Cl. The highest BCUT2D eigenvalue weighted by Gasteiger charge is 2.11. The molecule has 3 aromatic carbocycles. The molecule has 0 unspecified atom stereocenters. The molecule has 0 amide bonds. The van der Waals surface area contributed by atoms with Gasteiger partial charge in [0.05, 0.1) is 18.1 Å². The lowest BCUT2D eigenvalue weighted by molar-refractivity contribution is 0.284. The summed E-state index contributed by atoms with van der Waals surface area (Å²) in [5.74, 6) is 2.39. The van der Waals surface area contributed by atoms with Gasteiger partial charge in [-0.05, 0) is 48.9 Å². The van der Waals surface area contributed by atoms with Gasteiger partial charge < -0.3 is 19.8 Å². The third-order valence-corrected chi connectivity index (χ3v) is 6.30. The highest BCUT2D eigenvalue weighted by molar-refractivity contribution is 9.10. The Morgan fingerprint density at radius 3 is 2.66 bits per heavy atom. The first-order chi connectivity index (χ1) is 15.6. The average molecular weight is 515 g/mol. The maximum Gasteiger partial charge on any atom is 0.162 e. The molecule has 4 rings (SSSR count). The van der Waals surface area contributed by atoms with Crippen molar-refractivity contribution < 1.29 is 9.47 Å². The van der Waals surface area contributed by atoms with E-state index in [9.17, 15) is 0 Å². The van der Waals surface area contributed by atoms with E-state index < -0.39 is 0 Å². The maximum atomic E-state index is 6.23. The third kappa shape index (κ3) is 5.63. The minimum atomic E-state index is 0.377. The van der Waals surface area contributed by atoms with Crippen LogP contribution in [0.1, 0.15) is 23.4 Å². The Bertz CT molecular complexity index is 1160. The van der Waals surface area contributed by atoms with E-state index in [2.05, 4.69) is 37.3 Å². The van der Waals surface area contributed by atoms with E-state index in [1.807, 2.05) is 54.6 Å². The van der Waals surface area contributed by atoms with E-state index >= 15 is 0 Å². The zero-order valence-electron chi connectivity index (χ0n) is 17.8. The van der Waals surface area contributed by atoms with Crippen molar-refractivity contribution in [3.05, 3.63) is 87.1 Å². The van der Waals surface area contributed by atoms with Gasteiger partial charge in [-0.3, -0.25) is 0 Å². The van der Waals surface area contributed by atoms with E-state index in [4.69, 9.17) is 21.1 Å². The third-order valence-electron chi connectivity index (χ3n) is 5.19. The first-order valence-electron chi connectivity index (χ1n) is 10.5. The van der Waals surface area contributed by atoms with Crippen LogP contribution in [0.25, 0.3) is 11.0 Å². The number of nitrogens with one attached hydrogen (secondary N) is 2. The van der Waals surface area contributed by atoms with Gasteiger partial charge in [0.2, 0.25) is 0 Å². The molecular weight excluding hydrogens is 490 g/mol. The number of benzene rings is 3. The van der Waals surface area contributed by atoms with E-state index in [1.165, 1.54) is 0 Å². The number of hydrogen-bond acceptors (Lipinski definition) is 4. The number of aromatic amines is 1. The summed E-state index contributed by atoms with van der Waals surface area (Å²) >= 11 is 9.89. The van der Waals surface area contributed by atoms with Gasteiger partial charge in [0.25, 0.3) is 0 Å². The van der Waals surface area contributed by atoms with Crippen LogP contribution in [-0.2, 0) is 19.6 Å². The molecule has 1 heterocycles. The molecule has 4 aromatic rings. The van der Waals surface area contributed by atoms with Crippen molar-refractivity contribution >= 4 is 38.6 Å². The molecule has 0 fully saturated rings. The molecule has 1 aromatic heterocycles. The second-order valence-corrected chi connectivity index (χ2v) is 8.72. The molecule has 32 heavy (non-hydrogen) atoms. The highest BCUT2D eigenvalue weighted by Crippen LogP contribution is 2.34. The van der Waals surface area contributed by atoms with Crippen LogP contribution in [0.3, 0.4) is 0 Å². The zero-order valence-corrected chi connectivity index (χ0v) is 20.2. The summed E-state index contributed by atoms with van der Waals surface area (Å²) in [5.41, 5.74) is 4.14. The Morgan fingerprint density at radius 2 is 1.84 bits per heavy atom. The quantitative estimate of drug-likeness (QED) is 0.244. The molecule has 5 nitrogen and oxygen atoms in total. The van der Waals surface area contributed by atoms with Crippen LogP contribution < -0.4 is 14.8 Å². The van der Waals surface area contributed by atoms with Gasteiger partial charge in [0, 0.05) is 28.0 Å². The van der Waals surface area contributed by atoms with Gasteiger partial charge >= 0.3 is 0 Å². The minimum absolute atomic E-state index is 0.377. The number of ether oxygens (including phenoxy) is 2. The number of rotatable bonds is 10. The van der Waals surface area contributed by atoms with Gasteiger partial charge in [0.1, 0.15) is 12.4 Å². The van der Waals surface area contributed by atoms with Gasteiger partial charge in [-0.25, -0.2) is 4.98 Å². The fourth-order valence-corrected chi connectivity index (χ4v) is 4.14. The van der Waals surface area contributed by atoms with Crippen molar-refractivity contribution in [2.24, 2.45) is 0 Å². The van der Waals surface area contributed by atoms with E-state index in [-0.39, 0.29) is 0 Å². The van der Waals surface area contributed by atoms with Crippen LogP contribution in [0, 0.1) is 0 Å². The predicted octanol–water partition coefficient (Wildman–Crippen LogP) is 6.29. The number of methoxy groups -OCH3 is 1. The number of halogens is 2. The van der Waals surface area contributed by atoms with E-state index in [0.717, 1.165) is 58.4 Å². The summed E-state index contributed by atoms with van der Waals surface area (Å²) in [7, 11) is 1.65. The summed E-state index contributed by atoms with van der Waals surface area (Å²) in [6.45, 7) is 1.99. The Kier molecular flexibility index (Phi) is 7.68. The molecule has 0 saturated carbocycles. The van der Waals surface area contributed by atoms with Crippen molar-refractivity contribution in [2.75, 3.05) is 13.7 Å². The number of fused-ring (bicyclic) bond motifs is 1. The largest absolute Gasteiger partial charge is 0.493 e. The molecule has 0 bridgehead atoms. The topological polar surface area (TPSA) is 59.2 Å². The van der Waals surface area contributed by atoms with E-state index in [0.29, 0.717) is 23.1 Å². The average Bonchev–Trinajstić information content (AvgIpc) is 3.22. The summed E-state index contributed by atoms with van der Waals surface area (Å²) in [6, 6.07) is 19.7. The van der Waals surface area contributed by atoms with Crippen molar-refractivity contribution in [3.8, 4) is 11.5 Å². The van der Waals surface area contributed by atoms with Crippen LogP contribution in [0.15, 0.2) is 65.1 Å². The predicted molar refractivity (Wildman–Crippen MR) is 133 cm³/mol. The zero-order chi connectivity index (χ0) is 22.3. The lowest BCUT2D eigenvalue weighted by atomic mass is 10.2. The summed E-state index contributed by atoms with van der Waals surface area (Å²) < 4.78 is 12.5. The first kappa shape index (κ1) is 22.6. The Hall–Kier alpha value is -2.54. The number of aromatic nitrogens is 2. The first-order valence-corrected chi connectivity index (χ1v) is 11.7. The maximum absolute atomic E-state index is 6.23. The van der Waals surface area contributed by atoms with E-state index in [1.54, 1.807) is 7.11 Å². The molecule has 7 heteroatoms. The van der Waals surface area contributed by atoms with Crippen LogP contribution >= 0.6 is 27.5 Å². The van der Waals surface area contributed by atoms with Crippen LogP contribution in [-0.4, -0.2) is 23.6 Å². The lowest BCUT2D eigenvalue weighted by Crippen LogP contribution is -2.16. The summed E-state index contributed by atoms with van der Waals surface area (Å²) in [6.07, 6.45) is 1.90. The van der Waals surface area contributed by atoms with Crippen LogP contribution in [0.5, 0.6) is 11.5 Å². The second kappa shape index (κ2) is 10.9.